The Bertz CT molecular complexity index is 2640. The van der Waals surface area contributed by atoms with Crippen LogP contribution < -0.4 is 0 Å². The lowest BCUT2D eigenvalue weighted by molar-refractivity contribution is 0.398. The fraction of sp³-hybridized carbons (Fsp3) is 0.316. The number of unbranched alkanes of at least 4 members (excludes halogenated alkanes) is 10. The van der Waals surface area contributed by atoms with E-state index in [1.807, 2.05) is 0 Å². The van der Waals surface area contributed by atoms with Crippen LogP contribution in [-0.4, -0.2) is 9.55 Å². The zero-order chi connectivity index (χ0) is 40.2. The molecule has 0 N–H and O–H groups in total. The minimum atomic E-state index is -0.0425. The van der Waals surface area contributed by atoms with Crippen LogP contribution >= 0.6 is 0 Å². The van der Waals surface area contributed by atoms with E-state index in [-0.39, 0.29) is 5.41 Å². The van der Waals surface area contributed by atoms with E-state index in [2.05, 4.69) is 165 Å². The molecule has 59 heavy (non-hydrogen) atoms. The van der Waals surface area contributed by atoms with Crippen LogP contribution in [0.3, 0.4) is 0 Å². The van der Waals surface area contributed by atoms with E-state index in [1.165, 1.54) is 173 Å². The van der Waals surface area contributed by atoms with Crippen molar-refractivity contribution >= 4 is 32.6 Å². The molecule has 0 atom stereocenters. The number of hydrogen-bond acceptors (Lipinski definition) is 1. The van der Waals surface area contributed by atoms with Gasteiger partial charge in [0, 0.05) is 39.2 Å². The molecule has 298 valence electrons. The minimum Gasteiger partial charge on any atom is -0.309 e. The molecule has 6 aromatic carbocycles. The molecule has 2 heteroatoms. The largest absolute Gasteiger partial charge is 0.309 e. The predicted molar refractivity (Wildman–Crippen MR) is 254 cm³/mol. The summed E-state index contributed by atoms with van der Waals surface area (Å²) in [7, 11) is 0. The fourth-order valence-electron chi connectivity index (χ4n) is 10.5. The quantitative estimate of drug-likeness (QED) is 0.0843. The predicted octanol–water partition coefficient (Wildman–Crippen LogP) is 16.7. The number of nitrogens with zero attached hydrogens (tertiary/aromatic N) is 2. The average Bonchev–Trinajstić information content (AvgIpc) is 3.76. The molecule has 0 spiro atoms. The lowest BCUT2D eigenvalue weighted by Gasteiger charge is -2.33. The number of aryl methyl sites for hydroxylation is 1. The van der Waals surface area contributed by atoms with Crippen LogP contribution in [0.4, 0.5) is 0 Å². The molecule has 0 unspecified atom stereocenters. The molecule has 0 saturated carbocycles. The van der Waals surface area contributed by atoms with Crippen molar-refractivity contribution in [3.63, 3.8) is 0 Å². The Morgan fingerprint density at radius 1 is 0.458 bits per heavy atom. The Balaban J connectivity index is 1.15. The van der Waals surface area contributed by atoms with Gasteiger partial charge in [-0.2, -0.15) is 0 Å². The summed E-state index contributed by atoms with van der Waals surface area (Å²) in [6.45, 7) is 6.84. The first-order valence-electron chi connectivity index (χ1n) is 22.8. The lowest BCUT2D eigenvalue weighted by Crippen LogP contribution is -2.26. The van der Waals surface area contributed by atoms with E-state index >= 15 is 0 Å². The van der Waals surface area contributed by atoms with Gasteiger partial charge in [-0.05, 0) is 100 Å². The Kier molecular flexibility index (Phi) is 11.5. The van der Waals surface area contributed by atoms with Crippen LogP contribution in [-0.2, 0) is 5.41 Å². The maximum absolute atomic E-state index is 5.13. The van der Waals surface area contributed by atoms with Gasteiger partial charge in [0.05, 0.1) is 16.7 Å². The van der Waals surface area contributed by atoms with E-state index < -0.39 is 0 Å². The highest BCUT2D eigenvalue weighted by Gasteiger charge is 2.43. The summed E-state index contributed by atoms with van der Waals surface area (Å²) in [6, 6.07) is 50.4. The van der Waals surface area contributed by atoms with Crippen molar-refractivity contribution in [3.8, 4) is 39.2 Å². The lowest BCUT2D eigenvalue weighted by atomic mass is 9.70. The zero-order valence-corrected chi connectivity index (χ0v) is 35.6. The van der Waals surface area contributed by atoms with E-state index in [4.69, 9.17) is 4.98 Å². The standard InChI is InChI=1S/C57H60N2/c1-4-6-8-10-12-20-36-57(37-21-13-11-9-7-5-2)52-38-42(43-30-35-54(58-40-43)49-32-28-41(3)45-22-14-15-23-46(45)49)29-33-47(52)48-34-31-44(39-53(48)57)59-55-26-18-16-24-50(55)51-25-17-19-27-56(51)59/h14-19,22-35,38-40H,4-13,20-21,36-37H2,1-3H3. The highest BCUT2D eigenvalue weighted by atomic mass is 15.0. The van der Waals surface area contributed by atoms with Gasteiger partial charge >= 0.3 is 0 Å². The van der Waals surface area contributed by atoms with Crippen LogP contribution in [0.25, 0.3) is 71.8 Å². The van der Waals surface area contributed by atoms with Crippen LogP contribution in [0.15, 0.2) is 140 Å². The van der Waals surface area contributed by atoms with Gasteiger partial charge in [-0.3, -0.25) is 4.98 Å². The average molecular weight is 773 g/mol. The first-order chi connectivity index (χ1) is 29.1. The van der Waals surface area contributed by atoms with Crippen molar-refractivity contribution in [2.45, 2.75) is 116 Å². The molecule has 2 aromatic heterocycles. The molecule has 0 bridgehead atoms. The van der Waals surface area contributed by atoms with Crippen molar-refractivity contribution in [2.75, 3.05) is 0 Å². The second-order valence-electron chi connectivity index (χ2n) is 17.4. The summed E-state index contributed by atoms with van der Waals surface area (Å²) in [5, 5.41) is 5.19. The first kappa shape index (κ1) is 39.0. The second-order valence-corrected chi connectivity index (χ2v) is 17.4. The number of benzene rings is 6. The Hall–Kier alpha value is -5.47. The number of para-hydroxylation sites is 2. The first-order valence-corrected chi connectivity index (χ1v) is 22.8. The molecular formula is C57H60N2. The Morgan fingerprint density at radius 2 is 0.983 bits per heavy atom. The molecule has 8 aromatic rings. The highest BCUT2D eigenvalue weighted by molar-refractivity contribution is 6.09. The van der Waals surface area contributed by atoms with Crippen LogP contribution in [0.2, 0.25) is 0 Å². The van der Waals surface area contributed by atoms with Gasteiger partial charge in [0.2, 0.25) is 0 Å². The summed E-state index contributed by atoms with van der Waals surface area (Å²) in [5.41, 5.74) is 15.7. The highest BCUT2D eigenvalue weighted by Crippen LogP contribution is 2.56. The summed E-state index contributed by atoms with van der Waals surface area (Å²) >= 11 is 0. The van der Waals surface area contributed by atoms with E-state index in [0.29, 0.717) is 0 Å². The molecule has 2 heterocycles. The molecule has 0 amide bonds. The summed E-state index contributed by atoms with van der Waals surface area (Å²) in [5.74, 6) is 0. The maximum Gasteiger partial charge on any atom is 0.0708 e. The van der Waals surface area contributed by atoms with Crippen molar-refractivity contribution in [1.29, 1.82) is 0 Å². The molecule has 0 radical (unpaired) electrons. The summed E-state index contributed by atoms with van der Waals surface area (Å²) < 4.78 is 2.52. The van der Waals surface area contributed by atoms with Crippen molar-refractivity contribution < 1.29 is 0 Å². The molecular weight excluding hydrogens is 713 g/mol. The number of rotatable bonds is 17. The second kappa shape index (κ2) is 17.4. The smallest absolute Gasteiger partial charge is 0.0708 e. The third-order valence-corrected chi connectivity index (χ3v) is 13.6. The molecule has 2 nitrogen and oxygen atoms in total. The maximum atomic E-state index is 5.13. The third kappa shape index (κ3) is 7.41. The van der Waals surface area contributed by atoms with Gasteiger partial charge in [0.25, 0.3) is 0 Å². The number of aromatic nitrogens is 2. The van der Waals surface area contributed by atoms with Gasteiger partial charge in [-0.1, -0.05) is 188 Å². The summed E-state index contributed by atoms with van der Waals surface area (Å²) in [4.78, 5) is 5.13. The van der Waals surface area contributed by atoms with Crippen LogP contribution in [0.1, 0.15) is 120 Å². The molecule has 0 fully saturated rings. The Morgan fingerprint density at radius 3 is 1.61 bits per heavy atom. The SMILES string of the molecule is CCCCCCCCC1(CCCCCCCC)c2cc(-c3ccc(-c4ccc(C)c5ccccc45)nc3)ccc2-c2ccc(-n3c4ccccc4c4ccccc43)cc21. The molecule has 1 aliphatic rings. The van der Waals surface area contributed by atoms with Gasteiger partial charge in [-0.25, -0.2) is 0 Å². The normalized spacial score (nSPS) is 13.1. The van der Waals surface area contributed by atoms with Crippen LogP contribution in [0.5, 0.6) is 0 Å². The molecule has 0 saturated heterocycles. The van der Waals surface area contributed by atoms with E-state index in [1.54, 1.807) is 0 Å². The number of pyridine rings is 1. The number of fused-ring (bicyclic) bond motifs is 7. The molecule has 9 rings (SSSR count). The van der Waals surface area contributed by atoms with Gasteiger partial charge in [0.1, 0.15) is 0 Å². The van der Waals surface area contributed by atoms with Crippen LogP contribution in [0, 0.1) is 6.92 Å². The van der Waals surface area contributed by atoms with E-state index in [0.717, 1.165) is 5.69 Å². The molecule has 0 aliphatic heterocycles. The molecule has 1 aliphatic carbocycles. The monoisotopic (exact) mass is 772 g/mol. The van der Waals surface area contributed by atoms with Gasteiger partial charge in [-0.15, -0.1) is 0 Å². The minimum absolute atomic E-state index is 0.0425. The van der Waals surface area contributed by atoms with Gasteiger partial charge in [0.15, 0.2) is 0 Å². The number of hydrogen-bond donors (Lipinski definition) is 0. The van der Waals surface area contributed by atoms with E-state index in [9.17, 15) is 0 Å². The zero-order valence-electron chi connectivity index (χ0n) is 35.6. The fourth-order valence-corrected chi connectivity index (χ4v) is 10.5. The third-order valence-electron chi connectivity index (χ3n) is 13.6. The van der Waals surface area contributed by atoms with Crippen molar-refractivity contribution in [3.05, 3.63) is 156 Å². The van der Waals surface area contributed by atoms with Crippen molar-refractivity contribution in [2.24, 2.45) is 0 Å². The summed E-state index contributed by atoms with van der Waals surface area (Å²) in [6.07, 6.45) is 20.2. The van der Waals surface area contributed by atoms with Gasteiger partial charge < -0.3 is 4.57 Å². The Labute approximate surface area is 352 Å². The topological polar surface area (TPSA) is 17.8 Å². The van der Waals surface area contributed by atoms with Crippen molar-refractivity contribution in [1.82, 2.24) is 9.55 Å².